The van der Waals surface area contributed by atoms with Crippen LogP contribution in [0.15, 0.2) is 59.8 Å². The second-order valence-electron chi connectivity index (χ2n) is 7.87. The number of hydrogen-bond donors (Lipinski definition) is 0. The van der Waals surface area contributed by atoms with E-state index in [1.807, 2.05) is 66.9 Å². The number of aryl methyl sites for hydroxylation is 1. The molecule has 0 aliphatic carbocycles. The zero-order valence-corrected chi connectivity index (χ0v) is 19.8. The molecule has 168 valence electrons. The molecule has 2 aromatic carbocycles. The number of sulfone groups is 1. The van der Waals surface area contributed by atoms with Gasteiger partial charge in [0.05, 0.1) is 17.3 Å². The van der Waals surface area contributed by atoms with E-state index in [4.69, 9.17) is 0 Å². The molecule has 4 rings (SSSR count). The van der Waals surface area contributed by atoms with Gasteiger partial charge < -0.3 is 4.90 Å². The number of nitrogens with zero attached hydrogens (tertiary/aromatic N) is 4. The summed E-state index contributed by atoms with van der Waals surface area (Å²) in [6, 6.07) is 17.6. The van der Waals surface area contributed by atoms with Gasteiger partial charge in [-0.3, -0.25) is 9.36 Å². The largest absolute Gasteiger partial charge is 0.338 e. The molecule has 0 saturated carbocycles. The minimum atomic E-state index is -3.05. The zero-order valence-electron chi connectivity index (χ0n) is 18.1. The van der Waals surface area contributed by atoms with Crippen LogP contribution in [0.25, 0.3) is 17.1 Å². The maximum atomic E-state index is 13.0. The molecule has 1 fully saturated rings. The number of para-hydroxylation sites is 1. The first-order valence-corrected chi connectivity index (χ1v) is 13.4. The Bertz CT molecular complexity index is 1210. The molecule has 32 heavy (non-hydrogen) atoms. The standard InChI is InChI=1S/C23H26N4O3S2/c1-3-26(20-12-13-32(29,30)16-20)21(28)15-31-23-25-24-22(18-9-7-8-17(2)14-18)27(23)19-10-5-4-6-11-19/h4-11,14,20H,3,12-13,15-16H2,1-2H3. The van der Waals surface area contributed by atoms with E-state index in [1.165, 1.54) is 11.8 Å². The minimum Gasteiger partial charge on any atom is -0.338 e. The fourth-order valence-electron chi connectivity index (χ4n) is 4.01. The number of carbonyl (C=O) groups excluding carboxylic acids is 1. The lowest BCUT2D eigenvalue weighted by Gasteiger charge is -2.26. The van der Waals surface area contributed by atoms with Crippen molar-refractivity contribution in [3.8, 4) is 17.1 Å². The average Bonchev–Trinajstić information content (AvgIpc) is 3.36. The van der Waals surface area contributed by atoms with Crippen LogP contribution in [0, 0.1) is 6.92 Å². The summed E-state index contributed by atoms with van der Waals surface area (Å²) < 4.78 is 25.7. The third-order valence-electron chi connectivity index (χ3n) is 5.56. The fraction of sp³-hybridized carbons (Fsp3) is 0.348. The Hall–Kier alpha value is -2.65. The van der Waals surface area contributed by atoms with Crippen LogP contribution < -0.4 is 0 Å². The quantitative estimate of drug-likeness (QED) is 0.492. The highest BCUT2D eigenvalue weighted by Gasteiger charge is 2.34. The number of amides is 1. The molecule has 1 aliphatic heterocycles. The van der Waals surface area contributed by atoms with Crippen LogP contribution in [0.1, 0.15) is 18.9 Å². The third kappa shape index (κ3) is 4.88. The molecule has 1 aromatic heterocycles. The summed E-state index contributed by atoms with van der Waals surface area (Å²) in [5.74, 6) is 0.998. The van der Waals surface area contributed by atoms with Gasteiger partial charge in [-0.25, -0.2) is 8.42 Å². The second-order valence-corrected chi connectivity index (χ2v) is 11.0. The number of carbonyl (C=O) groups is 1. The number of hydrogen-bond acceptors (Lipinski definition) is 6. The van der Waals surface area contributed by atoms with Crippen LogP contribution in [-0.2, 0) is 14.6 Å². The summed E-state index contributed by atoms with van der Waals surface area (Å²) in [6.07, 6.45) is 0.504. The summed E-state index contributed by atoms with van der Waals surface area (Å²) >= 11 is 1.32. The van der Waals surface area contributed by atoms with Gasteiger partial charge in [0.2, 0.25) is 5.91 Å². The molecule has 3 aromatic rings. The minimum absolute atomic E-state index is 0.0505. The van der Waals surface area contributed by atoms with Crippen LogP contribution in [0.4, 0.5) is 0 Å². The van der Waals surface area contributed by atoms with Crippen molar-refractivity contribution < 1.29 is 13.2 Å². The third-order valence-corrected chi connectivity index (χ3v) is 8.22. The normalized spacial score (nSPS) is 17.4. The van der Waals surface area contributed by atoms with E-state index < -0.39 is 9.84 Å². The van der Waals surface area contributed by atoms with Gasteiger partial charge >= 0.3 is 0 Å². The molecule has 1 unspecified atom stereocenters. The predicted octanol–water partition coefficient (Wildman–Crippen LogP) is 3.37. The second kappa shape index (κ2) is 9.46. The van der Waals surface area contributed by atoms with E-state index in [0.717, 1.165) is 16.8 Å². The first-order chi connectivity index (χ1) is 15.4. The number of aromatic nitrogens is 3. The van der Waals surface area contributed by atoms with Gasteiger partial charge in [-0.2, -0.15) is 0 Å². The lowest BCUT2D eigenvalue weighted by atomic mass is 10.1. The van der Waals surface area contributed by atoms with Crippen molar-refractivity contribution in [3.63, 3.8) is 0 Å². The molecular weight excluding hydrogens is 444 g/mol. The zero-order chi connectivity index (χ0) is 22.7. The van der Waals surface area contributed by atoms with Crippen molar-refractivity contribution in [1.29, 1.82) is 0 Å². The highest BCUT2D eigenvalue weighted by atomic mass is 32.2. The average molecular weight is 471 g/mol. The van der Waals surface area contributed by atoms with Crippen molar-refractivity contribution in [1.82, 2.24) is 19.7 Å². The van der Waals surface area contributed by atoms with Gasteiger partial charge in [-0.1, -0.05) is 53.7 Å². The molecule has 9 heteroatoms. The van der Waals surface area contributed by atoms with Crippen LogP contribution >= 0.6 is 11.8 Å². The lowest BCUT2D eigenvalue weighted by Crippen LogP contribution is -2.42. The topological polar surface area (TPSA) is 85.2 Å². The molecule has 1 aliphatic rings. The van der Waals surface area contributed by atoms with E-state index >= 15 is 0 Å². The summed E-state index contributed by atoms with van der Waals surface area (Å²) in [4.78, 5) is 14.7. The predicted molar refractivity (Wildman–Crippen MR) is 127 cm³/mol. The van der Waals surface area contributed by atoms with Gasteiger partial charge in [0, 0.05) is 23.8 Å². The first kappa shape index (κ1) is 22.5. The van der Waals surface area contributed by atoms with Crippen molar-refractivity contribution in [2.45, 2.75) is 31.5 Å². The van der Waals surface area contributed by atoms with Gasteiger partial charge in [-0.15, -0.1) is 10.2 Å². The Morgan fingerprint density at radius 1 is 1.16 bits per heavy atom. The van der Waals surface area contributed by atoms with Gasteiger partial charge in [0.1, 0.15) is 0 Å². The molecule has 1 amide bonds. The smallest absolute Gasteiger partial charge is 0.233 e. The molecule has 7 nitrogen and oxygen atoms in total. The Kier molecular flexibility index (Phi) is 6.66. The van der Waals surface area contributed by atoms with E-state index in [1.54, 1.807) is 4.90 Å². The van der Waals surface area contributed by atoms with Crippen molar-refractivity contribution in [2.24, 2.45) is 0 Å². The van der Waals surface area contributed by atoms with E-state index in [2.05, 4.69) is 16.3 Å². The van der Waals surface area contributed by atoms with E-state index in [0.29, 0.717) is 23.9 Å². The lowest BCUT2D eigenvalue weighted by molar-refractivity contribution is -0.129. The Labute approximate surface area is 192 Å². The number of rotatable bonds is 7. The molecule has 0 radical (unpaired) electrons. The van der Waals surface area contributed by atoms with Crippen LogP contribution in [-0.4, -0.2) is 63.8 Å². The summed E-state index contributed by atoms with van der Waals surface area (Å²) in [7, 11) is -3.05. The summed E-state index contributed by atoms with van der Waals surface area (Å²) in [5, 5.41) is 9.44. The van der Waals surface area contributed by atoms with Crippen LogP contribution in [0.2, 0.25) is 0 Å². The molecular formula is C23H26N4O3S2. The van der Waals surface area contributed by atoms with Crippen LogP contribution in [0.3, 0.4) is 0 Å². The monoisotopic (exact) mass is 470 g/mol. The molecule has 0 N–H and O–H groups in total. The number of benzene rings is 2. The maximum absolute atomic E-state index is 13.0. The van der Waals surface area contributed by atoms with Gasteiger partial charge in [0.25, 0.3) is 0 Å². The SMILES string of the molecule is CCN(C(=O)CSc1nnc(-c2cccc(C)c2)n1-c1ccccc1)C1CCS(=O)(=O)C1. The Morgan fingerprint density at radius 3 is 2.59 bits per heavy atom. The number of thioether (sulfide) groups is 1. The van der Waals surface area contributed by atoms with E-state index in [9.17, 15) is 13.2 Å². The first-order valence-electron chi connectivity index (χ1n) is 10.6. The molecule has 2 heterocycles. The molecule has 0 spiro atoms. The fourth-order valence-corrected chi connectivity index (χ4v) is 6.58. The molecule has 0 bridgehead atoms. The highest BCUT2D eigenvalue weighted by Crippen LogP contribution is 2.29. The van der Waals surface area contributed by atoms with Crippen molar-refractivity contribution in [3.05, 3.63) is 60.2 Å². The molecule has 1 atom stereocenters. The molecule has 1 saturated heterocycles. The van der Waals surface area contributed by atoms with Gasteiger partial charge in [0.15, 0.2) is 20.8 Å². The van der Waals surface area contributed by atoms with Crippen molar-refractivity contribution in [2.75, 3.05) is 23.8 Å². The highest BCUT2D eigenvalue weighted by molar-refractivity contribution is 7.99. The summed E-state index contributed by atoms with van der Waals surface area (Å²) in [5.41, 5.74) is 2.99. The van der Waals surface area contributed by atoms with E-state index in [-0.39, 0.29) is 29.2 Å². The Balaban J connectivity index is 1.59. The Morgan fingerprint density at radius 2 is 1.94 bits per heavy atom. The van der Waals surface area contributed by atoms with Gasteiger partial charge in [-0.05, 0) is 38.5 Å². The van der Waals surface area contributed by atoms with Crippen molar-refractivity contribution >= 4 is 27.5 Å². The van der Waals surface area contributed by atoms with Crippen LogP contribution in [0.5, 0.6) is 0 Å². The maximum Gasteiger partial charge on any atom is 0.233 e. The summed E-state index contributed by atoms with van der Waals surface area (Å²) in [6.45, 7) is 4.40.